The summed E-state index contributed by atoms with van der Waals surface area (Å²) in [6.07, 6.45) is 0. The maximum absolute atomic E-state index is 12.3. The number of hydrogen-bond donors (Lipinski definition) is 1. The van der Waals surface area contributed by atoms with Crippen LogP contribution in [0.2, 0.25) is 5.02 Å². The van der Waals surface area contributed by atoms with Gasteiger partial charge < -0.3 is 10.1 Å². The van der Waals surface area contributed by atoms with E-state index in [1.165, 1.54) is 18.4 Å². The fraction of sp³-hybridized carbons (Fsp3) is 0.143. The zero-order valence-electron chi connectivity index (χ0n) is 11.2. The fourth-order valence-electron chi connectivity index (χ4n) is 1.67. The molecular formula is C14H11ClINO3S. The lowest BCUT2D eigenvalue weighted by Crippen LogP contribution is -2.14. The highest BCUT2D eigenvalue weighted by Crippen LogP contribution is 2.29. The van der Waals surface area contributed by atoms with Gasteiger partial charge in [0.1, 0.15) is 4.88 Å². The molecule has 4 nitrogen and oxygen atoms in total. The number of nitrogens with one attached hydrogen (secondary N) is 1. The van der Waals surface area contributed by atoms with Gasteiger partial charge >= 0.3 is 5.97 Å². The van der Waals surface area contributed by atoms with Crippen LogP contribution in [0.15, 0.2) is 23.6 Å². The molecule has 1 heterocycles. The Morgan fingerprint density at radius 2 is 2.10 bits per heavy atom. The second-order valence-corrected chi connectivity index (χ2v) is 6.65. The predicted molar refractivity (Wildman–Crippen MR) is 92.5 cm³/mol. The number of thiophene rings is 1. The lowest BCUT2D eigenvalue weighted by Gasteiger charge is -2.08. The summed E-state index contributed by atoms with van der Waals surface area (Å²) in [4.78, 5) is 24.3. The Balaban J connectivity index is 2.29. The number of carbonyl (C=O) groups is 2. The Labute approximate surface area is 144 Å². The molecule has 0 atom stereocenters. The number of ether oxygens (including phenoxy) is 1. The first-order chi connectivity index (χ1) is 9.93. The number of halogens is 2. The van der Waals surface area contributed by atoms with Gasteiger partial charge in [-0.3, -0.25) is 4.79 Å². The maximum atomic E-state index is 12.3. The summed E-state index contributed by atoms with van der Waals surface area (Å²) in [5, 5.41) is 5.05. The molecule has 0 spiro atoms. The zero-order chi connectivity index (χ0) is 15.6. The summed E-state index contributed by atoms with van der Waals surface area (Å²) >= 11 is 9.34. The van der Waals surface area contributed by atoms with Crippen LogP contribution in [0.1, 0.15) is 25.6 Å². The normalized spacial score (nSPS) is 10.3. The summed E-state index contributed by atoms with van der Waals surface area (Å²) in [7, 11) is 1.31. The summed E-state index contributed by atoms with van der Waals surface area (Å²) in [5.74, 6) is -0.788. The first kappa shape index (κ1) is 16.3. The molecular weight excluding hydrogens is 425 g/mol. The summed E-state index contributed by atoms with van der Waals surface area (Å²) < 4.78 is 5.58. The van der Waals surface area contributed by atoms with Crippen molar-refractivity contribution in [3.05, 3.63) is 48.2 Å². The van der Waals surface area contributed by atoms with Crippen LogP contribution < -0.4 is 5.32 Å². The second kappa shape index (κ2) is 6.76. The van der Waals surface area contributed by atoms with Gasteiger partial charge in [0.2, 0.25) is 0 Å². The average molecular weight is 436 g/mol. The SMILES string of the molecule is COC(=O)c1scc(C)c1NC(=O)c1ccc(I)c(Cl)c1. The number of carbonyl (C=O) groups excluding carboxylic acids is 2. The van der Waals surface area contributed by atoms with E-state index >= 15 is 0 Å². The van der Waals surface area contributed by atoms with Crippen molar-refractivity contribution in [1.82, 2.24) is 0 Å². The number of rotatable bonds is 3. The Hall–Kier alpha value is -1.12. The van der Waals surface area contributed by atoms with Crippen LogP contribution in [0.4, 0.5) is 5.69 Å². The van der Waals surface area contributed by atoms with Gasteiger partial charge in [-0.15, -0.1) is 11.3 Å². The highest BCUT2D eigenvalue weighted by Gasteiger charge is 2.19. The van der Waals surface area contributed by atoms with Gasteiger partial charge in [-0.05, 0) is 58.7 Å². The minimum Gasteiger partial charge on any atom is -0.465 e. The molecule has 1 amide bonds. The maximum Gasteiger partial charge on any atom is 0.350 e. The lowest BCUT2D eigenvalue weighted by molar-refractivity contribution is 0.0607. The number of hydrogen-bond acceptors (Lipinski definition) is 4. The number of methoxy groups -OCH3 is 1. The molecule has 110 valence electrons. The topological polar surface area (TPSA) is 55.4 Å². The Kier molecular flexibility index (Phi) is 5.23. The smallest absolute Gasteiger partial charge is 0.350 e. The van der Waals surface area contributed by atoms with Crippen molar-refractivity contribution < 1.29 is 14.3 Å². The van der Waals surface area contributed by atoms with Crippen molar-refractivity contribution in [2.45, 2.75) is 6.92 Å². The molecule has 1 aromatic carbocycles. The van der Waals surface area contributed by atoms with Crippen LogP contribution in [0, 0.1) is 10.5 Å². The number of esters is 1. The van der Waals surface area contributed by atoms with E-state index in [1.807, 2.05) is 6.92 Å². The van der Waals surface area contributed by atoms with E-state index in [2.05, 4.69) is 27.9 Å². The molecule has 1 aromatic heterocycles. The molecule has 0 unspecified atom stereocenters. The van der Waals surface area contributed by atoms with E-state index in [4.69, 9.17) is 16.3 Å². The van der Waals surface area contributed by atoms with Crippen molar-refractivity contribution in [3.63, 3.8) is 0 Å². The van der Waals surface area contributed by atoms with E-state index in [-0.39, 0.29) is 5.91 Å². The molecule has 0 aliphatic heterocycles. The molecule has 0 aliphatic carbocycles. The van der Waals surface area contributed by atoms with Crippen LogP contribution >= 0.6 is 45.5 Å². The minimum absolute atomic E-state index is 0.319. The van der Waals surface area contributed by atoms with Crippen LogP contribution in [-0.2, 0) is 4.74 Å². The molecule has 2 rings (SSSR count). The van der Waals surface area contributed by atoms with Gasteiger partial charge in [-0.1, -0.05) is 11.6 Å². The van der Waals surface area contributed by atoms with Gasteiger partial charge in [0.15, 0.2) is 0 Å². The van der Waals surface area contributed by atoms with Crippen molar-refractivity contribution >= 4 is 63.1 Å². The lowest BCUT2D eigenvalue weighted by atomic mass is 10.2. The molecule has 0 saturated carbocycles. The summed E-state index contributed by atoms with van der Waals surface area (Å²) in [6, 6.07) is 5.04. The van der Waals surface area contributed by atoms with Crippen LogP contribution in [0.5, 0.6) is 0 Å². The third kappa shape index (κ3) is 3.56. The second-order valence-electron chi connectivity index (χ2n) is 4.20. The van der Waals surface area contributed by atoms with E-state index in [0.29, 0.717) is 21.2 Å². The zero-order valence-corrected chi connectivity index (χ0v) is 14.9. The standard InChI is InChI=1S/C14H11ClINO3S/c1-7-6-21-12(14(19)20-2)11(7)17-13(18)8-3-4-10(16)9(15)5-8/h3-6H,1-2H3,(H,17,18). The van der Waals surface area contributed by atoms with Gasteiger partial charge in [0.25, 0.3) is 5.91 Å². The third-order valence-corrected chi connectivity index (χ3v) is 5.42. The predicted octanol–water partition coefficient (Wildman–Crippen LogP) is 4.35. The molecule has 1 N–H and O–H groups in total. The molecule has 0 fully saturated rings. The number of benzene rings is 1. The Morgan fingerprint density at radius 1 is 1.38 bits per heavy atom. The molecule has 0 aliphatic rings. The van der Waals surface area contributed by atoms with E-state index < -0.39 is 5.97 Å². The largest absolute Gasteiger partial charge is 0.465 e. The highest BCUT2D eigenvalue weighted by atomic mass is 127. The fourth-order valence-corrected chi connectivity index (χ4v) is 3.10. The van der Waals surface area contributed by atoms with Crippen molar-refractivity contribution in [1.29, 1.82) is 0 Å². The summed E-state index contributed by atoms with van der Waals surface area (Å²) in [5.41, 5.74) is 1.72. The summed E-state index contributed by atoms with van der Waals surface area (Å²) in [6.45, 7) is 1.82. The first-order valence-corrected chi connectivity index (χ1v) is 8.20. The molecule has 2 aromatic rings. The third-order valence-electron chi connectivity index (χ3n) is 2.77. The number of aryl methyl sites for hydroxylation is 1. The van der Waals surface area contributed by atoms with E-state index in [9.17, 15) is 9.59 Å². The minimum atomic E-state index is -0.468. The van der Waals surface area contributed by atoms with Crippen LogP contribution in [-0.4, -0.2) is 19.0 Å². The van der Waals surface area contributed by atoms with Gasteiger partial charge in [-0.2, -0.15) is 0 Å². The highest BCUT2D eigenvalue weighted by molar-refractivity contribution is 14.1. The molecule has 7 heteroatoms. The number of anilines is 1. The van der Waals surface area contributed by atoms with Crippen molar-refractivity contribution in [2.24, 2.45) is 0 Å². The molecule has 21 heavy (non-hydrogen) atoms. The molecule has 0 saturated heterocycles. The molecule has 0 radical (unpaired) electrons. The number of amides is 1. The molecule has 0 bridgehead atoms. The first-order valence-electron chi connectivity index (χ1n) is 5.87. The van der Waals surface area contributed by atoms with Gasteiger partial charge in [-0.25, -0.2) is 4.79 Å². The van der Waals surface area contributed by atoms with Crippen molar-refractivity contribution in [3.8, 4) is 0 Å². The van der Waals surface area contributed by atoms with Gasteiger partial charge in [0, 0.05) is 9.13 Å². The quantitative estimate of drug-likeness (QED) is 0.576. The van der Waals surface area contributed by atoms with E-state index in [1.54, 1.807) is 23.6 Å². The average Bonchev–Trinajstić information content (AvgIpc) is 2.82. The van der Waals surface area contributed by atoms with Gasteiger partial charge in [0.05, 0.1) is 17.8 Å². The Morgan fingerprint density at radius 3 is 2.71 bits per heavy atom. The Bertz CT molecular complexity index is 714. The van der Waals surface area contributed by atoms with Crippen molar-refractivity contribution in [2.75, 3.05) is 12.4 Å². The van der Waals surface area contributed by atoms with Crippen LogP contribution in [0.3, 0.4) is 0 Å². The monoisotopic (exact) mass is 435 g/mol. The van der Waals surface area contributed by atoms with E-state index in [0.717, 1.165) is 9.13 Å². The van der Waals surface area contributed by atoms with Crippen LogP contribution in [0.25, 0.3) is 0 Å².